The number of carboxylic acid groups (broad SMARTS) is 1. The second kappa shape index (κ2) is 6.52. The first-order valence-electron chi connectivity index (χ1n) is 5.37. The van der Waals surface area contributed by atoms with Crippen LogP contribution in [-0.4, -0.2) is 25.5 Å². The Bertz CT molecular complexity index is 679. The van der Waals surface area contributed by atoms with Gasteiger partial charge in [0.2, 0.25) is 10.0 Å². The Labute approximate surface area is 121 Å². The van der Waals surface area contributed by atoms with Crippen molar-refractivity contribution >= 4 is 27.6 Å². The maximum atomic E-state index is 12.0. The number of nitrogens with one attached hydrogen (secondary N) is 1. The van der Waals surface area contributed by atoms with Crippen LogP contribution in [0.25, 0.3) is 0 Å². The first-order valence-corrected chi connectivity index (χ1v) is 7.23. The molecule has 0 saturated carbocycles. The molecule has 0 bridgehead atoms. The molecule has 0 amide bonds. The molecular formula is C12H11ClN2O4S. The lowest BCUT2D eigenvalue weighted by Crippen LogP contribution is -2.40. The van der Waals surface area contributed by atoms with Crippen LogP contribution in [0.5, 0.6) is 0 Å². The molecule has 1 rings (SSSR count). The highest BCUT2D eigenvalue weighted by molar-refractivity contribution is 7.89. The molecule has 1 aromatic carbocycles. The van der Waals surface area contributed by atoms with Gasteiger partial charge in [-0.3, -0.25) is 4.79 Å². The van der Waals surface area contributed by atoms with Crippen LogP contribution in [0.1, 0.15) is 12.0 Å². The Balaban J connectivity index is 3.11. The molecule has 0 heterocycles. The predicted molar refractivity (Wildman–Crippen MR) is 72.7 cm³/mol. The molecule has 0 aliphatic rings. The second-order valence-electron chi connectivity index (χ2n) is 3.79. The van der Waals surface area contributed by atoms with Crippen molar-refractivity contribution in [2.75, 3.05) is 0 Å². The summed E-state index contributed by atoms with van der Waals surface area (Å²) in [4.78, 5) is 10.7. The van der Waals surface area contributed by atoms with Gasteiger partial charge >= 0.3 is 5.97 Å². The van der Waals surface area contributed by atoms with Crippen LogP contribution in [0.2, 0.25) is 5.02 Å². The Hall–Kier alpha value is -1.88. The number of carboxylic acids is 1. The van der Waals surface area contributed by atoms with Crippen molar-refractivity contribution < 1.29 is 18.3 Å². The van der Waals surface area contributed by atoms with Crippen molar-refractivity contribution in [3.05, 3.63) is 41.4 Å². The third-order valence-corrected chi connectivity index (χ3v) is 4.15. The van der Waals surface area contributed by atoms with E-state index in [0.717, 1.165) is 6.07 Å². The Morgan fingerprint density at radius 1 is 1.60 bits per heavy atom. The van der Waals surface area contributed by atoms with Gasteiger partial charge in [0.15, 0.2) is 0 Å². The number of hydrogen-bond acceptors (Lipinski definition) is 4. The molecule has 1 aromatic rings. The normalized spacial score (nSPS) is 12.4. The number of nitriles is 1. The smallest absolute Gasteiger partial charge is 0.322 e. The fraction of sp³-hybridized carbons (Fsp3) is 0.167. The lowest BCUT2D eigenvalue weighted by Gasteiger charge is -2.13. The van der Waals surface area contributed by atoms with Gasteiger partial charge in [0, 0.05) is 0 Å². The van der Waals surface area contributed by atoms with Crippen LogP contribution in [0.4, 0.5) is 0 Å². The predicted octanol–water partition coefficient (Wildman–Crippen LogP) is 1.52. The van der Waals surface area contributed by atoms with E-state index in [1.54, 1.807) is 6.07 Å². The Morgan fingerprint density at radius 3 is 2.70 bits per heavy atom. The second-order valence-corrected chi connectivity index (χ2v) is 5.91. The monoisotopic (exact) mass is 314 g/mol. The number of nitrogens with zero attached hydrogens (tertiary/aromatic N) is 1. The highest BCUT2D eigenvalue weighted by atomic mass is 35.5. The summed E-state index contributed by atoms with van der Waals surface area (Å²) in [6.07, 6.45) is 1.24. The molecule has 0 aliphatic heterocycles. The molecule has 2 N–H and O–H groups in total. The standard InChI is InChI=1S/C12H11ClN2O4S/c1-2-3-11(12(16)17)15-20(18,19)9-5-4-8(7-14)10(13)6-9/h2,4-6,11,15H,1,3H2,(H,16,17). The van der Waals surface area contributed by atoms with Gasteiger partial charge < -0.3 is 5.11 Å². The number of sulfonamides is 1. The van der Waals surface area contributed by atoms with E-state index in [4.69, 9.17) is 22.0 Å². The Kier molecular flexibility index (Phi) is 5.27. The summed E-state index contributed by atoms with van der Waals surface area (Å²) in [6, 6.07) is 4.01. The largest absolute Gasteiger partial charge is 0.480 e. The van der Waals surface area contributed by atoms with Crippen LogP contribution >= 0.6 is 11.6 Å². The average molecular weight is 315 g/mol. The number of halogens is 1. The van der Waals surface area contributed by atoms with Crippen molar-refractivity contribution in [2.24, 2.45) is 0 Å². The molecule has 0 spiro atoms. The van der Waals surface area contributed by atoms with Crippen molar-refractivity contribution in [3.63, 3.8) is 0 Å². The maximum Gasteiger partial charge on any atom is 0.322 e. The van der Waals surface area contributed by atoms with E-state index in [0.29, 0.717) is 0 Å². The lowest BCUT2D eigenvalue weighted by molar-refractivity contribution is -0.138. The van der Waals surface area contributed by atoms with Gasteiger partial charge in [-0.2, -0.15) is 9.98 Å². The molecule has 8 heteroatoms. The topological polar surface area (TPSA) is 107 Å². The highest BCUT2D eigenvalue weighted by Crippen LogP contribution is 2.20. The summed E-state index contributed by atoms with van der Waals surface area (Å²) in [7, 11) is -4.05. The summed E-state index contributed by atoms with van der Waals surface area (Å²) in [6.45, 7) is 3.37. The summed E-state index contributed by atoms with van der Waals surface area (Å²) < 4.78 is 26.1. The van der Waals surface area contributed by atoms with Crippen LogP contribution in [0.3, 0.4) is 0 Å². The van der Waals surface area contributed by atoms with Gasteiger partial charge in [-0.25, -0.2) is 8.42 Å². The van der Waals surface area contributed by atoms with Crippen LogP contribution in [0.15, 0.2) is 35.7 Å². The van der Waals surface area contributed by atoms with Gasteiger partial charge in [0.1, 0.15) is 12.1 Å². The third kappa shape index (κ3) is 3.81. The van der Waals surface area contributed by atoms with E-state index in [1.807, 2.05) is 4.72 Å². The summed E-state index contributed by atoms with van der Waals surface area (Å²) >= 11 is 5.75. The van der Waals surface area contributed by atoms with E-state index < -0.39 is 22.0 Å². The summed E-state index contributed by atoms with van der Waals surface area (Å²) in [5.41, 5.74) is 0.131. The van der Waals surface area contributed by atoms with Crippen LogP contribution in [-0.2, 0) is 14.8 Å². The third-order valence-electron chi connectivity index (χ3n) is 2.37. The number of benzene rings is 1. The SMILES string of the molecule is C=CCC(NS(=O)(=O)c1ccc(C#N)c(Cl)c1)C(=O)O. The van der Waals surface area contributed by atoms with Crippen molar-refractivity contribution in [1.82, 2.24) is 4.72 Å². The van der Waals surface area contributed by atoms with E-state index in [1.165, 1.54) is 18.2 Å². The molecule has 0 fully saturated rings. The van der Waals surface area contributed by atoms with Crippen LogP contribution in [0, 0.1) is 11.3 Å². The molecule has 0 saturated heterocycles. The maximum absolute atomic E-state index is 12.0. The zero-order chi connectivity index (χ0) is 15.3. The zero-order valence-corrected chi connectivity index (χ0v) is 11.8. The molecule has 1 atom stereocenters. The number of rotatable bonds is 6. The summed E-state index contributed by atoms with van der Waals surface area (Å²) in [5, 5.41) is 17.6. The molecule has 106 valence electrons. The fourth-order valence-electron chi connectivity index (χ4n) is 1.37. The molecule has 20 heavy (non-hydrogen) atoms. The molecule has 6 nitrogen and oxygen atoms in total. The van der Waals surface area contributed by atoms with E-state index >= 15 is 0 Å². The van der Waals surface area contributed by atoms with Gasteiger partial charge in [-0.05, 0) is 24.6 Å². The quantitative estimate of drug-likeness (QED) is 0.774. The van der Waals surface area contributed by atoms with E-state index in [2.05, 4.69) is 6.58 Å². The van der Waals surface area contributed by atoms with Gasteiger partial charge in [0.25, 0.3) is 0 Å². The zero-order valence-electron chi connectivity index (χ0n) is 10.2. The molecule has 0 radical (unpaired) electrons. The van der Waals surface area contributed by atoms with Gasteiger partial charge in [-0.1, -0.05) is 17.7 Å². The minimum absolute atomic E-state index is 0.0222. The van der Waals surface area contributed by atoms with Gasteiger partial charge in [-0.15, -0.1) is 6.58 Å². The van der Waals surface area contributed by atoms with E-state index in [9.17, 15) is 13.2 Å². The van der Waals surface area contributed by atoms with Crippen molar-refractivity contribution in [2.45, 2.75) is 17.4 Å². The fourth-order valence-corrected chi connectivity index (χ4v) is 2.89. The highest BCUT2D eigenvalue weighted by Gasteiger charge is 2.24. The molecular weight excluding hydrogens is 304 g/mol. The van der Waals surface area contributed by atoms with E-state index in [-0.39, 0.29) is 21.9 Å². The minimum atomic E-state index is -4.05. The minimum Gasteiger partial charge on any atom is -0.480 e. The number of hydrogen-bond donors (Lipinski definition) is 2. The van der Waals surface area contributed by atoms with Gasteiger partial charge in [0.05, 0.1) is 15.5 Å². The summed E-state index contributed by atoms with van der Waals surface area (Å²) in [5.74, 6) is -1.31. The molecule has 0 aliphatic carbocycles. The number of aliphatic carboxylic acids is 1. The lowest BCUT2D eigenvalue weighted by atomic mass is 10.2. The Morgan fingerprint density at radius 2 is 2.25 bits per heavy atom. The van der Waals surface area contributed by atoms with Crippen molar-refractivity contribution in [3.8, 4) is 6.07 Å². The number of carbonyl (C=O) groups is 1. The first-order chi connectivity index (χ1) is 9.31. The first kappa shape index (κ1) is 16.2. The molecule has 1 unspecified atom stereocenters. The van der Waals surface area contributed by atoms with Crippen LogP contribution < -0.4 is 4.72 Å². The molecule has 0 aromatic heterocycles. The van der Waals surface area contributed by atoms with Crippen molar-refractivity contribution in [1.29, 1.82) is 5.26 Å². The average Bonchev–Trinajstić information content (AvgIpc) is 2.37.